The van der Waals surface area contributed by atoms with Crippen LogP contribution in [0, 0.1) is 5.82 Å². The molecule has 25 heavy (non-hydrogen) atoms. The number of benzene rings is 2. The van der Waals surface area contributed by atoms with E-state index in [0.717, 1.165) is 11.3 Å². The van der Waals surface area contributed by atoms with Crippen molar-refractivity contribution in [2.45, 2.75) is 12.6 Å². The zero-order chi connectivity index (χ0) is 18.2. The summed E-state index contributed by atoms with van der Waals surface area (Å²) in [5, 5.41) is 7.01. The molecule has 0 heterocycles. The van der Waals surface area contributed by atoms with Crippen molar-refractivity contribution < 1.29 is 14.0 Å². The second-order valence-corrected chi connectivity index (χ2v) is 6.50. The molecule has 1 atom stereocenters. The predicted molar refractivity (Wildman–Crippen MR) is 102 cm³/mol. The number of quaternary nitrogens is 1. The van der Waals surface area contributed by atoms with E-state index in [1.54, 1.807) is 19.2 Å². The Balaban J connectivity index is 1.87. The molecule has 4 nitrogen and oxygen atoms in total. The van der Waals surface area contributed by atoms with Crippen molar-refractivity contribution in [2.75, 3.05) is 27.7 Å². The second kappa shape index (κ2) is 9.34. The first-order valence-corrected chi connectivity index (χ1v) is 8.60. The van der Waals surface area contributed by atoms with Gasteiger partial charge in [0.15, 0.2) is 5.11 Å². The molecule has 2 aromatic carbocycles. The lowest BCUT2D eigenvalue weighted by Crippen LogP contribution is -3.07. The van der Waals surface area contributed by atoms with Gasteiger partial charge in [-0.2, -0.15) is 0 Å². The molecule has 6 heteroatoms. The lowest BCUT2D eigenvalue weighted by molar-refractivity contribution is -0.890. The Kier molecular flexibility index (Phi) is 7.16. The highest BCUT2D eigenvalue weighted by Gasteiger charge is 2.18. The van der Waals surface area contributed by atoms with Crippen LogP contribution in [0.15, 0.2) is 48.5 Å². The number of ether oxygens (including phenoxy) is 1. The predicted octanol–water partition coefficient (Wildman–Crippen LogP) is 1.68. The smallest absolute Gasteiger partial charge is 0.166 e. The third kappa shape index (κ3) is 5.99. The molecule has 2 aromatic rings. The number of thiocarbonyl (C=S) groups is 1. The van der Waals surface area contributed by atoms with Crippen LogP contribution in [0.5, 0.6) is 5.75 Å². The van der Waals surface area contributed by atoms with Gasteiger partial charge >= 0.3 is 0 Å². The molecule has 0 bridgehead atoms. The number of rotatable bonds is 7. The molecule has 0 radical (unpaired) electrons. The quantitative estimate of drug-likeness (QED) is 0.656. The Hall–Kier alpha value is -2.18. The summed E-state index contributed by atoms with van der Waals surface area (Å²) in [7, 11) is 5.90. The minimum atomic E-state index is -0.235. The first-order chi connectivity index (χ1) is 12.0. The van der Waals surface area contributed by atoms with Crippen molar-refractivity contribution >= 4 is 17.3 Å². The molecule has 0 saturated heterocycles. The topological polar surface area (TPSA) is 37.7 Å². The van der Waals surface area contributed by atoms with Crippen LogP contribution < -0.4 is 20.3 Å². The fraction of sp³-hybridized carbons (Fsp3) is 0.316. The lowest BCUT2D eigenvalue weighted by Gasteiger charge is -2.23. The van der Waals surface area contributed by atoms with E-state index in [-0.39, 0.29) is 11.9 Å². The summed E-state index contributed by atoms with van der Waals surface area (Å²) < 4.78 is 18.1. The average molecular weight is 362 g/mol. The Morgan fingerprint density at radius 3 is 2.28 bits per heavy atom. The maximum atomic E-state index is 12.9. The second-order valence-electron chi connectivity index (χ2n) is 6.09. The first-order valence-electron chi connectivity index (χ1n) is 8.19. The molecule has 2 rings (SSSR count). The molecule has 0 aromatic heterocycles. The van der Waals surface area contributed by atoms with Crippen LogP contribution in [0.4, 0.5) is 4.39 Å². The van der Waals surface area contributed by atoms with Crippen LogP contribution in [0.3, 0.4) is 0 Å². The molecular weight excluding hydrogens is 337 g/mol. The van der Waals surface area contributed by atoms with Crippen LogP contribution in [-0.2, 0) is 6.54 Å². The highest BCUT2D eigenvalue weighted by molar-refractivity contribution is 7.80. The fourth-order valence-electron chi connectivity index (χ4n) is 2.53. The Bertz CT molecular complexity index is 674. The molecule has 0 aliphatic rings. The highest BCUT2D eigenvalue weighted by Crippen LogP contribution is 2.15. The number of hydrogen-bond donors (Lipinski definition) is 3. The largest absolute Gasteiger partial charge is 0.497 e. The molecule has 0 aliphatic carbocycles. The molecule has 0 spiro atoms. The summed E-state index contributed by atoms with van der Waals surface area (Å²) in [4.78, 5) is 1.30. The zero-order valence-corrected chi connectivity index (χ0v) is 15.6. The number of hydrogen-bond acceptors (Lipinski definition) is 2. The van der Waals surface area contributed by atoms with Crippen LogP contribution in [0.1, 0.15) is 17.2 Å². The van der Waals surface area contributed by atoms with Crippen molar-refractivity contribution in [1.82, 2.24) is 10.6 Å². The van der Waals surface area contributed by atoms with Gasteiger partial charge < -0.3 is 20.3 Å². The number of likely N-dealkylation sites (N-methyl/N-ethyl adjacent to an activating group) is 1. The van der Waals surface area contributed by atoms with E-state index in [4.69, 9.17) is 17.0 Å². The van der Waals surface area contributed by atoms with Crippen molar-refractivity contribution in [2.24, 2.45) is 0 Å². The Morgan fingerprint density at radius 2 is 1.72 bits per heavy atom. The lowest BCUT2D eigenvalue weighted by atomic mass is 10.1. The van der Waals surface area contributed by atoms with Gasteiger partial charge in [-0.05, 0) is 54.2 Å². The highest BCUT2D eigenvalue weighted by atomic mass is 32.1. The molecular formula is C19H25FN3OS+. The summed E-state index contributed by atoms with van der Waals surface area (Å²) in [6.07, 6.45) is 0. The average Bonchev–Trinajstić information content (AvgIpc) is 2.61. The van der Waals surface area contributed by atoms with Gasteiger partial charge in [0, 0.05) is 12.1 Å². The van der Waals surface area contributed by atoms with Crippen LogP contribution in [-0.4, -0.2) is 32.9 Å². The van der Waals surface area contributed by atoms with E-state index < -0.39 is 0 Å². The number of nitrogens with one attached hydrogen (secondary N) is 3. The van der Waals surface area contributed by atoms with Gasteiger partial charge in [-0.15, -0.1) is 0 Å². The molecule has 0 aliphatic heterocycles. The van der Waals surface area contributed by atoms with Gasteiger partial charge in [-0.25, -0.2) is 4.39 Å². The van der Waals surface area contributed by atoms with Crippen molar-refractivity contribution in [1.29, 1.82) is 0 Å². The normalized spacial score (nSPS) is 11.9. The van der Waals surface area contributed by atoms with Gasteiger partial charge in [0.1, 0.15) is 17.6 Å². The van der Waals surface area contributed by atoms with E-state index in [1.807, 2.05) is 12.1 Å². The fourth-order valence-corrected chi connectivity index (χ4v) is 2.69. The molecule has 0 amide bonds. The molecule has 0 fully saturated rings. The summed E-state index contributed by atoms with van der Waals surface area (Å²) in [6, 6.07) is 14.7. The number of methoxy groups -OCH3 is 1. The van der Waals surface area contributed by atoms with Crippen molar-refractivity contribution in [3.05, 3.63) is 65.5 Å². The minimum absolute atomic E-state index is 0.235. The first kappa shape index (κ1) is 19.1. The van der Waals surface area contributed by atoms with Gasteiger partial charge in [0.2, 0.25) is 0 Å². The SMILES string of the molecule is COc1ccc([C@@H](CNC(=S)NCc2ccc(F)cc2)[NH+](C)C)cc1. The Labute approximate surface area is 154 Å². The summed E-state index contributed by atoms with van der Waals surface area (Å²) >= 11 is 5.35. The third-order valence-corrected chi connectivity index (χ3v) is 4.34. The van der Waals surface area contributed by atoms with Crippen molar-refractivity contribution in [3.63, 3.8) is 0 Å². The minimum Gasteiger partial charge on any atom is -0.497 e. The summed E-state index contributed by atoms with van der Waals surface area (Å²) in [5.41, 5.74) is 2.20. The third-order valence-electron chi connectivity index (χ3n) is 4.05. The molecule has 3 N–H and O–H groups in total. The van der Waals surface area contributed by atoms with Gasteiger partial charge in [0.05, 0.1) is 27.7 Å². The van der Waals surface area contributed by atoms with E-state index in [2.05, 4.69) is 36.9 Å². The molecule has 134 valence electrons. The summed E-state index contributed by atoms with van der Waals surface area (Å²) in [6.45, 7) is 1.28. The van der Waals surface area contributed by atoms with Gasteiger partial charge in [0.25, 0.3) is 0 Å². The van der Waals surface area contributed by atoms with E-state index in [1.165, 1.54) is 22.6 Å². The molecule has 0 saturated carbocycles. The Morgan fingerprint density at radius 1 is 1.08 bits per heavy atom. The van der Waals surface area contributed by atoms with Crippen LogP contribution >= 0.6 is 12.2 Å². The van der Waals surface area contributed by atoms with Crippen LogP contribution in [0.25, 0.3) is 0 Å². The number of halogens is 1. The summed E-state index contributed by atoms with van der Waals surface area (Å²) in [5.74, 6) is 0.612. The van der Waals surface area contributed by atoms with E-state index >= 15 is 0 Å². The van der Waals surface area contributed by atoms with Crippen LogP contribution in [0.2, 0.25) is 0 Å². The standard InChI is InChI=1S/C19H24FN3OS/c1-23(2)18(15-6-10-17(24-3)11-7-15)13-22-19(25)21-12-14-4-8-16(20)9-5-14/h4-11,18H,12-13H2,1-3H3,(H2,21,22,25)/p+1/t18-/m1/s1. The maximum Gasteiger partial charge on any atom is 0.166 e. The maximum absolute atomic E-state index is 12.9. The monoisotopic (exact) mass is 362 g/mol. The molecule has 0 unspecified atom stereocenters. The van der Waals surface area contributed by atoms with Crippen molar-refractivity contribution in [3.8, 4) is 5.75 Å². The zero-order valence-electron chi connectivity index (χ0n) is 14.8. The van der Waals surface area contributed by atoms with E-state index in [0.29, 0.717) is 18.2 Å². The van der Waals surface area contributed by atoms with Gasteiger partial charge in [-0.3, -0.25) is 0 Å². The van der Waals surface area contributed by atoms with Gasteiger partial charge in [-0.1, -0.05) is 12.1 Å². The van der Waals surface area contributed by atoms with E-state index in [9.17, 15) is 4.39 Å².